The molecule has 3 amide bonds. The van der Waals surface area contributed by atoms with Crippen molar-refractivity contribution < 1.29 is 27.6 Å². The number of halogens is 3. The summed E-state index contributed by atoms with van der Waals surface area (Å²) >= 11 is 0. The zero-order chi connectivity index (χ0) is 27.9. The Hall–Kier alpha value is -4.92. The van der Waals surface area contributed by atoms with Crippen molar-refractivity contribution in [2.45, 2.75) is 31.6 Å². The number of H-pyrrole nitrogens is 1. The molecule has 9 nitrogen and oxygen atoms in total. The number of allylic oxidation sites excluding steroid dienone is 1. The summed E-state index contributed by atoms with van der Waals surface area (Å²) in [5.74, 6) is -0.808. The second kappa shape index (κ2) is 9.75. The molecule has 1 unspecified atom stereocenters. The van der Waals surface area contributed by atoms with Gasteiger partial charge in [-0.3, -0.25) is 19.6 Å². The topological polar surface area (TPSA) is 122 Å². The Bertz CT molecular complexity index is 1560. The van der Waals surface area contributed by atoms with Crippen LogP contribution in [-0.4, -0.2) is 39.9 Å². The lowest BCUT2D eigenvalue weighted by molar-refractivity contribution is -0.137. The molecular formula is C27H21F3N6O3. The second-order valence-corrected chi connectivity index (χ2v) is 9.17. The van der Waals surface area contributed by atoms with Crippen LogP contribution in [0.1, 0.15) is 51.5 Å². The summed E-state index contributed by atoms with van der Waals surface area (Å²) in [5.41, 5.74) is 0.911. The number of Topliss-reactive ketones (excluding diaryl/α,β-unsaturated/α-hetero) is 1. The molecule has 1 atom stereocenters. The summed E-state index contributed by atoms with van der Waals surface area (Å²) in [6, 6.07) is 9.12. The van der Waals surface area contributed by atoms with Gasteiger partial charge in [0.05, 0.1) is 35.1 Å². The number of carbonyl (C=O) groups is 3. The van der Waals surface area contributed by atoms with Crippen LogP contribution in [0.15, 0.2) is 66.1 Å². The van der Waals surface area contributed by atoms with Crippen LogP contribution >= 0.6 is 0 Å². The molecular weight excluding hydrogens is 513 g/mol. The molecule has 0 spiro atoms. The number of likely N-dealkylation sites (N-methyl/N-ethyl adjacent to an activating group) is 1. The average molecular weight is 534 g/mol. The maximum Gasteiger partial charge on any atom is 0.416 e. The van der Waals surface area contributed by atoms with Gasteiger partial charge in [-0.2, -0.15) is 23.5 Å². The number of amides is 3. The number of nitrogens with zero attached hydrogens (tertiary/aromatic N) is 4. The molecule has 0 saturated carbocycles. The van der Waals surface area contributed by atoms with Crippen LogP contribution in [0.3, 0.4) is 0 Å². The molecule has 2 aliphatic rings. The third kappa shape index (κ3) is 4.63. The summed E-state index contributed by atoms with van der Waals surface area (Å²) in [4.78, 5) is 42.5. The first kappa shape index (κ1) is 25.7. The number of hydrogen-bond acceptors (Lipinski definition) is 5. The van der Waals surface area contributed by atoms with Crippen LogP contribution in [0.25, 0.3) is 0 Å². The quantitative estimate of drug-likeness (QED) is 0.501. The molecule has 198 valence electrons. The van der Waals surface area contributed by atoms with Crippen LogP contribution in [-0.2, 0) is 17.5 Å². The first-order valence-corrected chi connectivity index (χ1v) is 11.9. The maximum absolute atomic E-state index is 13.7. The molecule has 2 N–H and O–H groups in total. The van der Waals surface area contributed by atoms with Crippen molar-refractivity contribution in [3.05, 3.63) is 93.9 Å². The normalized spacial score (nSPS) is 17.4. The van der Waals surface area contributed by atoms with Crippen LogP contribution in [0.4, 0.5) is 23.7 Å². The molecule has 0 fully saturated rings. The average Bonchev–Trinajstić information content (AvgIpc) is 3.58. The summed E-state index contributed by atoms with van der Waals surface area (Å²) in [6.45, 7) is 0.140. The minimum atomic E-state index is -4.62. The van der Waals surface area contributed by atoms with Gasteiger partial charge in [0.2, 0.25) is 0 Å². The minimum Gasteiger partial charge on any atom is -0.348 e. The Morgan fingerprint density at radius 2 is 2.00 bits per heavy atom. The third-order valence-electron chi connectivity index (χ3n) is 6.79. The largest absolute Gasteiger partial charge is 0.416 e. The first-order chi connectivity index (χ1) is 18.6. The van der Waals surface area contributed by atoms with Crippen molar-refractivity contribution in [2.75, 3.05) is 11.9 Å². The molecule has 1 aliphatic heterocycles. The highest BCUT2D eigenvalue weighted by atomic mass is 19.4. The molecule has 2 heterocycles. The lowest BCUT2D eigenvalue weighted by Crippen LogP contribution is -2.48. The number of rotatable bonds is 5. The SMILES string of the molecule is CN1C(=O)N(c2cccc(C(F)(F)F)c2)C2=C(C(=O)CC2)C1c1ccc(C#N)cc1C(=O)NCc1cn[nH]c1. The summed E-state index contributed by atoms with van der Waals surface area (Å²) in [5, 5.41) is 18.7. The predicted molar refractivity (Wildman–Crippen MR) is 132 cm³/mol. The number of carbonyl (C=O) groups excluding carboxylic acids is 3. The van der Waals surface area contributed by atoms with E-state index < -0.39 is 29.7 Å². The van der Waals surface area contributed by atoms with E-state index in [1.165, 1.54) is 48.5 Å². The van der Waals surface area contributed by atoms with E-state index in [1.54, 1.807) is 6.20 Å². The van der Waals surface area contributed by atoms with Crippen molar-refractivity contribution in [1.29, 1.82) is 5.26 Å². The molecule has 0 saturated heterocycles. The smallest absolute Gasteiger partial charge is 0.348 e. The van der Waals surface area contributed by atoms with Crippen LogP contribution in [0, 0.1) is 11.3 Å². The number of anilines is 1. The van der Waals surface area contributed by atoms with Gasteiger partial charge in [-0.15, -0.1) is 0 Å². The fourth-order valence-electron chi connectivity index (χ4n) is 4.95. The maximum atomic E-state index is 13.7. The lowest BCUT2D eigenvalue weighted by atomic mass is 9.89. The van der Waals surface area contributed by atoms with Gasteiger partial charge in [-0.1, -0.05) is 12.1 Å². The first-order valence-electron chi connectivity index (χ1n) is 11.9. The van der Waals surface area contributed by atoms with E-state index in [4.69, 9.17) is 0 Å². The zero-order valence-corrected chi connectivity index (χ0v) is 20.5. The number of alkyl halides is 3. The Morgan fingerprint density at radius 3 is 2.69 bits per heavy atom. The Labute approximate surface area is 220 Å². The number of benzene rings is 2. The molecule has 12 heteroatoms. The van der Waals surface area contributed by atoms with Gasteiger partial charge in [0.1, 0.15) is 0 Å². The van der Waals surface area contributed by atoms with Gasteiger partial charge in [0.15, 0.2) is 5.78 Å². The Kier molecular flexibility index (Phi) is 6.43. The molecule has 3 aromatic rings. The monoisotopic (exact) mass is 534 g/mol. The number of ketones is 1. The number of hydrogen-bond donors (Lipinski definition) is 2. The molecule has 0 radical (unpaired) electrons. The number of nitrogens with one attached hydrogen (secondary N) is 2. The Balaban J connectivity index is 1.60. The highest BCUT2D eigenvalue weighted by molar-refractivity contribution is 6.09. The van der Waals surface area contributed by atoms with Gasteiger partial charge in [-0.05, 0) is 42.3 Å². The zero-order valence-electron chi connectivity index (χ0n) is 20.5. The molecule has 39 heavy (non-hydrogen) atoms. The van der Waals surface area contributed by atoms with E-state index in [9.17, 15) is 32.8 Å². The van der Waals surface area contributed by atoms with Gasteiger partial charge in [0.25, 0.3) is 5.91 Å². The van der Waals surface area contributed by atoms with Gasteiger partial charge >= 0.3 is 12.2 Å². The van der Waals surface area contributed by atoms with E-state index in [0.29, 0.717) is 16.8 Å². The van der Waals surface area contributed by atoms with Crippen molar-refractivity contribution >= 4 is 23.4 Å². The molecule has 0 bridgehead atoms. The fourth-order valence-corrected chi connectivity index (χ4v) is 4.95. The predicted octanol–water partition coefficient (Wildman–Crippen LogP) is 4.46. The number of urea groups is 1. The van der Waals surface area contributed by atoms with Crippen molar-refractivity contribution in [1.82, 2.24) is 20.4 Å². The van der Waals surface area contributed by atoms with Crippen molar-refractivity contribution in [3.63, 3.8) is 0 Å². The van der Waals surface area contributed by atoms with Gasteiger partial charge in [-0.25, -0.2) is 4.79 Å². The standard InChI is InChI=1S/C27H21F3N6O3/c1-35-24(19-6-5-15(11-31)9-20(19)25(38)32-12-16-13-33-34-14-16)23-21(7-8-22(23)37)36(26(35)39)18-4-2-3-17(10-18)27(28,29)30/h2-6,9-10,13-14,24H,7-8,12H2,1H3,(H,32,38)(H,33,34). The lowest BCUT2D eigenvalue weighted by Gasteiger charge is -2.41. The van der Waals surface area contributed by atoms with E-state index in [2.05, 4.69) is 15.5 Å². The van der Waals surface area contributed by atoms with Crippen LogP contribution < -0.4 is 10.2 Å². The summed E-state index contributed by atoms with van der Waals surface area (Å²) in [7, 11) is 1.42. The molecule has 1 aliphatic carbocycles. The summed E-state index contributed by atoms with van der Waals surface area (Å²) in [6.07, 6.45) is -1.25. The van der Waals surface area contributed by atoms with Crippen LogP contribution in [0.5, 0.6) is 0 Å². The number of aromatic nitrogens is 2. The van der Waals surface area contributed by atoms with E-state index in [1.807, 2.05) is 6.07 Å². The minimum absolute atomic E-state index is 0.0137. The number of aromatic amines is 1. The second-order valence-electron chi connectivity index (χ2n) is 9.17. The van der Waals surface area contributed by atoms with Gasteiger partial charge < -0.3 is 10.2 Å². The molecule has 5 rings (SSSR count). The van der Waals surface area contributed by atoms with Gasteiger partial charge in [0, 0.05) is 48.6 Å². The van der Waals surface area contributed by atoms with E-state index in [0.717, 1.165) is 17.0 Å². The van der Waals surface area contributed by atoms with Crippen LogP contribution in [0.2, 0.25) is 0 Å². The highest BCUT2D eigenvalue weighted by Crippen LogP contribution is 2.45. The summed E-state index contributed by atoms with van der Waals surface area (Å²) < 4.78 is 40.2. The Morgan fingerprint density at radius 1 is 1.21 bits per heavy atom. The van der Waals surface area contributed by atoms with E-state index >= 15 is 0 Å². The highest BCUT2D eigenvalue weighted by Gasteiger charge is 2.45. The fraction of sp³-hybridized carbons (Fsp3) is 0.222. The molecule has 1 aromatic heterocycles. The van der Waals surface area contributed by atoms with E-state index in [-0.39, 0.29) is 47.6 Å². The number of nitriles is 1. The van der Waals surface area contributed by atoms with Crippen molar-refractivity contribution in [3.8, 4) is 6.07 Å². The van der Waals surface area contributed by atoms with Crippen molar-refractivity contribution in [2.24, 2.45) is 0 Å². The molecule has 2 aromatic carbocycles. The third-order valence-corrected chi connectivity index (χ3v) is 6.79.